The first-order valence-electron chi connectivity index (χ1n) is 10.7. The van der Waals surface area contributed by atoms with E-state index in [1.165, 1.54) is 4.90 Å². The summed E-state index contributed by atoms with van der Waals surface area (Å²) in [5.41, 5.74) is 0.0697. The lowest BCUT2D eigenvalue weighted by Gasteiger charge is -2.34. The number of nitrogens with zero attached hydrogens (tertiary/aromatic N) is 1. The van der Waals surface area contributed by atoms with E-state index in [9.17, 15) is 14.4 Å². The first-order chi connectivity index (χ1) is 14.1. The molecule has 7 nitrogen and oxygen atoms in total. The minimum absolute atomic E-state index is 0.225. The Balaban J connectivity index is 2.99. The zero-order chi connectivity index (χ0) is 22.7. The maximum absolute atomic E-state index is 13.1. The average Bonchev–Trinajstić information content (AvgIpc) is 2.66. The first kappa shape index (κ1) is 25.5. The second-order valence-electron chi connectivity index (χ2n) is 8.56. The maximum atomic E-state index is 13.1. The molecule has 0 fully saturated rings. The van der Waals surface area contributed by atoms with Gasteiger partial charge in [0, 0.05) is 12.6 Å². The molecule has 1 aromatic rings. The normalized spacial score (nSPS) is 12.2. The Morgan fingerprint density at radius 1 is 1.03 bits per heavy atom. The van der Waals surface area contributed by atoms with Crippen molar-refractivity contribution < 1.29 is 19.1 Å². The SMILES string of the molecule is CCCCCNC(=O)C(c1ccccc1)N(C(=O)CNC(=O)OC(C)(C)C)C(C)C. The number of unbranched alkanes of at least 4 members (excludes halogenated alkanes) is 2. The molecular weight excluding hydrogens is 382 g/mol. The number of amides is 3. The Kier molecular flexibility index (Phi) is 10.4. The third-order valence-electron chi connectivity index (χ3n) is 4.35. The number of hydrogen-bond acceptors (Lipinski definition) is 4. The summed E-state index contributed by atoms with van der Waals surface area (Å²) in [6.07, 6.45) is 2.31. The van der Waals surface area contributed by atoms with Crippen LogP contribution in [0, 0.1) is 0 Å². The minimum atomic E-state index is -0.777. The molecule has 1 rings (SSSR count). The molecule has 0 saturated carbocycles. The lowest BCUT2D eigenvalue weighted by atomic mass is 10.0. The van der Waals surface area contributed by atoms with Crippen molar-refractivity contribution in [3.05, 3.63) is 35.9 Å². The fourth-order valence-electron chi connectivity index (χ4n) is 3.04. The lowest BCUT2D eigenvalue weighted by Crippen LogP contribution is -2.50. The van der Waals surface area contributed by atoms with Crippen LogP contribution < -0.4 is 10.6 Å². The highest BCUT2D eigenvalue weighted by molar-refractivity contribution is 5.90. The number of benzene rings is 1. The average molecular weight is 420 g/mol. The van der Waals surface area contributed by atoms with Crippen molar-refractivity contribution in [3.63, 3.8) is 0 Å². The van der Waals surface area contributed by atoms with Crippen molar-refractivity contribution in [1.82, 2.24) is 15.5 Å². The first-order valence-corrected chi connectivity index (χ1v) is 10.7. The molecule has 168 valence electrons. The molecule has 3 amide bonds. The van der Waals surface area contributed by atoms with Gasteiger partial charge in [-0.1, -0.05) is 50.1 Å². The standard InChI is InChI=1S/C23H37N3O4/c1-7-8-12-15-24-21(28)20(18-13-10-9-11-14-18)26(17(2)3)19(27)16-25-22(29)30-23(4,5)6/h9-11,13-14,17,20H,7-8,12,15-16H2,1-6H3,(H,24,28)(H,25,29). The van der Waals surface area contributed by atoms with Gasteiger partial charge in [0.25, 0.3) is 0 Å². The predicted octanol–water partition coefficient (Wildman–Crippen LogP) is 3.80. The molecule has 0 aliphatic heterocycles. The van der Waals surface area contributed by atoms with Crippen molar-refractivity contribution in [2.75, 3.05) is 13.1 Å². The van der Waals surface area contributed by atoms with Crippen LogP contribution in [0.25, 0.3) is 0 Å². The van der Waals surface area contributed by atoms with Crippen LogP contribution >= 0.6 is 0 Å². The second-order valence-corrected chi connectivity index (χ2v) is 8.56. The van der Waals surface area contributed by atoms with E-state index in [1.54, 1.807) is 20.8 Å². The van der Waals surface area contributed by atoms with E-state index in [2.05, 4.69) is 17.6 Å². The molecule has 1 atom stereocenters. The second kappa shape index (κ2) is 12.2. The van der Waals surface area contributed by atoms with Crippen molar-refractivity contribution in [2.24, 2.45) is 0 Å². The molecule has 0 bridgehead atoms. The molecule has 0 heterocycles. The fraction of sp³-hybridized carbons (Fsp3) is 0.609. The van der Waals surface area contributed by atoms with Gasteiger partial charge in [0.2, 0.25) is 11.8 Å². The Labute approximate surface area is 180 Å². The Bertz CT molecular complexity index is 683. The van der Waals surface area contributed by atoms with Crippen LogP contribution in [0.15, 0.2) is 30.3 Å². The van der Waals surface area contributed by atoms with Gasteiger partial charge < -0.3 is 20.3 Å². The van der Waals surface area contributed by atoms with E-state index in [0.717, 1.165) is 24.8 Å². The number of hydrogen-bond donors (Lipinski definition) is 2. The molecule has 0 aliphatic carbocycles. The minimum Gasteiger partial charge on any atom is -0.444 e. The van der Waals surface area contributed by atoms with E-state index in [1.807, 2.05) is 44.2 Å². The van der Waals surface area contributed by atoms with Crippen LogP contribution in [-0.4, -0.2) is 47.5 Å². The predicted molar refractivity (Wildman–Crippen MR) is 118 cm³/mol. The molecule has 0 aromatic heterocycles. The maximum Gasteiger partial charge on any atom is 0.408 e. The van der Waals surface area contributed by atoms with Crippen molar-refractivity contribution in [2.45, 2.75) is 78.5 Å². The third-order valence-corrected chi connectivity index (χ3v) is 4.35. The topological polar surface area (TPSA) is 87.7 Å². The van der Waals surface area contributed by atoms with Gasteiger partial charge in [0.15, 0.2) is 0 Å². The monoisotopic (exact) mass is 419 g/mol. The van der Waals surface area contributed by atoms with Gasteiger partial charge in [-0.3, -0.25) is 9.59 Å². The number of carbonyl (C=O) groups excluding carboxylic acids is 3. The smallest absolute Gasteiger partial charge is 0.408 e. The molecule has 0 radical (unpaired) electrons. The summed E-state index contributed by atoms with van der Waals surface area (Å²) in [4.78, 5) is 39.6. The van der Waals surface area contributed by atoms with Crippen LogP contribution in [0.1, 0.15) is 72.4 Å². The number of carbonyl (C=O) groups is 3. The van der Waals surface area contributed by atoms with Gasteiger partial charge in [-0.2, -0.15) is 0 Å². The highest BCUT2D eigenvalue weighted by Crippen LogP contribution is 2.24. The number of ether oxygens (including phenoxy) is 1. The fourth-order valence-corrected chi connectivity index (χ4v) is 3.04. The van der Waals surface area contributed by atoms with Gasteiger partial charge in [-0.05, 0) is 46.6 Å². The lowest BCUT2D eigenvalue weighted by molar-refractivity contribution is -0.142. The van der Waals surface area contributed by atoms with Crippen LogP contribution in [0.3, 0.4) is 0 Å². The summed E-state index contributed by atoms with van der Waals surface area (Å²) in [5, 5.41) is 5.45. The molecular formula is C23H37N3O4. The molecule has 30 heavy (non-hydrogen) atoms. The van der Waals surface area contributed by atoms with E-state index < -0.39 is 17.7 Å². The van der Waals surface area contributed by atoms with Gasteiger partial charge in [0.1, 0.15) is 18.2 Å². The Hall–Kier alpha value is -2.57. The zero-order valence-electron chi connectivity index (χ0n) is 19.2. The van der Waals surface area contributed by atoms with Gasteiger partial charge in [0.05, 0.1) is 0 Å². The highest BCUT2D eigenvalue weighted by Gasteiger charge is 2.33. The number of nitrogens with one attached hydrogen (secondary N) is 2. The Morgan fingerprint density at radius 2 is 1.67 bits per heavy atom. The van der Waals surface area contributed by atoms with E-state index in [-0.39, 0.29) is 24.4 Å². The summed E-state index contributed by atoms with van der Waals surface area (Å²) < 4.78 is 5.20. The quantitative estimate of drug-likeness (QED) is 0.565. The molecule has 7 heteroatoms. The molecule has 0 saturated heterocycles. The summed E-state index contributed by atoms with van der Waals surface area (Å²) >= 11 is 0. The molecule has 1 unspecified atom stereocenters. The van der Waals surface area contributed by atoms with Crippen molar-refractivity contribution in [1.29, 1.82) is 0 Å². The molecule has 1 aromatic carbocycles. The van der Waals surface area contributed by atoms with E-state index in [4.69, 9.17) is 4.74 Å². The zero-order valence-corrected chi connectivity index (χ0v) is 19.2. The third kappa shape index (κ3) is 8.84. The molecule has 2 N–H and O–H groups in total. The van der Waals surface area contributed by atoms with Crippen molar-refractivity contribution in [3.8, 4) is 0 Å². The molecule has 0 aliphatic rings. The Morgan fingerprint density at radius 3 is 2.20 bits per heavy atom. The van der Waals surface area contributed by atoms with Gasteiger partial charge in [-0.15, -0.1) is 0 Å². The van der Waals surface area contributed by atoms with Crippen LogP contribution in [0.2, 0.25) is 0 Å². The number of rotatable bonds is 10. The van der Waals surface area contributed by atoms with Crippen LogP contribution in [0.5, 0.6) is 0 Å². The van der Waals surface area contributed by atoms with Crippen molar-refractivity contribution >= 4 is 17.9 Å². The van der Waals surface area contributed by atoms with Gasteiger partial charge in [-0.25, -0.2) is 4.79 Å². The van der Waals surface area contributed by atoms with Gasteiger partial charge >= 0.3 is 6.09 Å². The number of alkyl carbamates (subject to hydrolysis) is 1. The van der Waals surface area contributed by atoms with Crippen LogP contribution in [0.4, 0.5) is 4.79 Å². The summed E-state index contributed by atoms with van der Waals surface area (Å²) in [5.74, 6) is -0.579. The van der Waals surface area contributed by atoms with E-state index >= 15 is 0 Å². The largest absolute Gasteiger partial charge is 0.444 e. The summed E-state index contributed by atoms with van der Waals surface area (Å²) in [6, 6.07) is 8.19. The van der Waals surface area contributed by atoms with Crippen LogP contribution in [-0.2, 0) is 14.3 Å². The summed E-state index contributed by atoms with van der Waals surface area (Å²) in [7, 11) is 0. The highest BCUT2D eigenvalue weighted by atomic mass is 16.6. The summed E-state index contributed by atoms with van der Waals surface area (Å²) in [6.45, 7) is 11.4. The van der Waals surface area contributed by atoms with E-state index in [0.29, 0.717) is 6.54 Å². The molecule has 0 spiro atoms.